The van der Waals surface area contributed by atoms with Crippen molar-refractivity contribution in [3.05, 3.63) is 53.1 Å². The van der Waals surface area contributed by atoms with Crippen molar-refractivity contribution in [3.63, 3.8) is 0 Å². The van der Waals surface area contributed by atoms with Gasteiger partial charge in [-0.2, -0.15) is 0 Å². The summed E-state index contributed by atoms with van der Waals surface area (Å²) in [4.78, 5) is 39.5. The molecular weight excluding hydrogens is 773 g/mol. The number of phenolic OH excluding ortho intramolecular Hbond substituents is 2. The van der Waals surface area contributed by atoms with E-state index in [-0.39, 0.29) is 81.7 Å². The number of benzene rings is 2. The molecule has 8 rings (SSSR count). The van der Waals surface area contributed by atoms with E-state index in [0.717, 1.165) is 25.7 Å². The van der Waals surface area contributed by atoms with Gasteiger partial charge in [-0.15, -0.1) is 0 Å². The van der Waals surface area contributed by atoms with Crippen LogP contribution in [-0.4, -0.2) is 54.4 Å². The number of allylic oxidation sites excluding steroid dienone is 2. The minimum atomic E-state index is -0.740. The molecule has 1 heterocycles. The molecule has 0 amide bonds. The van der Waals surface area contributed by atoms with Gasteiger partial charge in [0.1, 0.15) is 35.0 Å². The van der Waals surface area contributed by atoms with Crippen LogP contribution in [0.2, 0.25) is 0 Å². The van der Waals surface area contributed by atoms with Crippen LogP contribution in [-0.2, 0) is 19.1 Å². The third kappa shape index (κ3) is 7.34. The van der Waals surface area contributed by atoms with Crippen molar-refractivity contribution in [1.29, 1.82) is 0 Å². The monoisotopic (exact) mass is 840 g/mol. The van der Waals surface area contributed by atoms with E-state index in [2.05, 4.69) is 54.5 Å². The Morgan fingerprint density at radius 2 is 1.48 bits per heavy atom. The van der Waals surface area contributed by atoms with Gasteiger partial charge in [0.15, 0.2) is 17.3 Å². The van der Waals surface area contributed by atoms with Crippen LogP contribution in [0.15, 0.2) is 42.0 Å². The second-order valence-electron chi connectivity index (χ2n) is 21.6. The number of carbonyl (C=O) groups excluding carboxylic acids is 3. The summed E-state index contributed by atoms with van der Waals surface area (Å²) >= 11 is 0. The zero-order valence-electron chi connectivity index (χ0n) is 37.9. The van der Waals surface area contributed by atoms with Gasteiger partial charge in [0, 0.05) is 24.7 Å². The summed E-state index contributed by atoms with van der Waals surface area (Å²) in [6.07, 6.45) is 12.9. The summed E-state index contributed by atoms with van der Waals surface area (Å²) in [5.74, 6) is 0.639. The number of esters is 2. The average molecular weight is 841 g/mol. The maximum Gasteiger partial charge on any atom is 0.311 e. The number of methoxy groups -OCH3 is 2. The molecule has 0 bridgehead atoms. The average Bonchev–Trinajstić information content (AvgIpc) is 3.35. The molecule has 0 radical (unpaired) electrons. The van der Waals surface area contributed by atoms with Crippen LogP contribution >= 0.6 is 0 Å². The molecule has 2 aromatic carbocycles. The second-order valence-corrected chi connectivity index (χ2v) is 21.6. The van der Waals surface area contributed by atoms with Gasteiger partial charge >= 0.3 is 11.9 Å². The van der Waals surface area contributed by atoms with Crippen LogP contribution in [0, 0.1) is 50.7 Å². The molecule has 0 aromatic heterocycles. The van der Waals surface area contributed by atoms with E-state index in [1.165, 1.54) is 63.8 Å². The lowest BCUT2D eigenvalue weighted by atomic mass is 9.42. The summed E-state index contributed by atoms with van der Waals surface area (Å²) in [5, 5.41) is 21.0. The second kappa shape index (κ2) is 15.6. The Balaban J connectivity index is 0.892. The standard InChI is InChI=1S/C51H68O10/c1-47(2)40-18-21-49(5)28-30-11-14-39-48(3,4)43(20-22-50(39,6)32(30)12-15-41(49)51(40,7)23-19-42(47)58-9)61-45(56)17-16-44(55)59-31-25-34(53)46-35(54)27-37(60-38(46)26-31)29-10-13-36(57-8)33(52)24-29/h10-11,13,24-26,32,37,39-43,52-53H,12,14-23,27-28H2,1-9H3/t32-,37-,39-,40?,41?,42+,43+,49-,50+,51-/m0/s1. The molecule has 2 unspecified atom stereocenters. The van der Waals surface area contributed by atoms with Crippen LogP contribution in [0.4, 0.5) is 0 Å². The highest BCUT2D eigenvalue weighted by Gasteiger charge is 2.63. The number of Topliss-reactive ketones (excluding diaryl/α,β-unsaturated/α-hetero) is 1. The van der Waals surface area contributed by atoms with Crippen molar-refractivity contribution in [2.24, 2.45) is 50.7 Å². The van der Waals surface area contributed by atoms with Gasteiger partial charge in [-0.25, -0.2) is 0 Å². The molecule has 0 saturated heterocycles. The van der Waals surface area contributed by atoms with Crippen molar-refractivity contribution in [2.75, 3.05) is 14.2 Å². The molecule has 5 aliphatic carbocycles. The number of aromatic hydroxyl groups is 2. The number of phenols is 2. The Morgan fingerprint density at radius 3 is 2.20 bits per heavy atom. The van der Waals surface area contributed by atoms with Gasteiger partial charge in [0.2, 0.25) is 0 Å². The van der Waals surface area contributed by atoms with Gasteiger partial charge in [0.05, 0.1) is 32.5 Å². The highest BCUT2D eigenvalue weighted by molar-refractivity contribution is 6.02. The largest absolute Gasteiger partial charge is 0.507 e. The molecular formula is C51H68O10. The first-order valence-electron chi connectivity index (χ1n) is 22.8. The van der Waals surface area contributed by atoms with Crippen molar-refractivity contribution >= 4 is 17.7 Å². The zero-order valence-corrected chi connectivity index (χ0v) is 37.9. The fraction of sp³-hybridized carbons (Fsp3) is 0.667. The molecule has 10 nitrogen and oxygen atoms in total. The molecule has 6 aliphatic rings. The SMILES string of the molecule is COc1ccc([C@@H]2CC(=O)c3c(O)cc(OC(=O)CCC(=O)O[C@@H]4CC[C@]5(C)[C@H]6CCC7[C@@](C)(CCC8C(C)(C)[C@H](OC)CC[C@@]87C)CC6=CC[C@H]5C4(C)C)cc3O2)cc1O. The molecule has 4 fully saturated rings. The number of hydrogen-bond donors (Lipinski definition) is 2. The molecule has 10 atom stereocenters. The van der Waals surface area contributed by atoms with Crippen LogP contribution in [0.5, 0.6) is 28.7 Å². The van der Waals surface area contributed by atoms with Crippen molar-refractivity contribution in [3.8, 4) is 28.7 Å². The Hall–Kier alpha value is -4.05. The van der Waals surface area contributed by atoms with Crippen LogP contribution in [0.3, 0.4) is 0 Å². The molecule has 0 spiro atoms. The quantitative estimate of drug-likeness (QED) is 0.150. The molecule has 2 aromatic rings. The Bertz CT molecular complexity index is 2100. The van der Waals surface area contributed by atoms with Crippen LogP contribution in [0.1, 0.15) is 154 Å². The van der Waals surface area contributed by atoms with Gasteiger partial charge in [0.25, 0.3) is 0 Å². The Kier molecular flexibility index (Phi) is 11.2. The predicted molar refractivity (Wildman–Crippen MR) is 231 cm³/mol. The molecule has 332 valence electrons. The van der Waals surface area contributed by atoms with Gasteiger partial charge in [-0.3, -0.25) is 14.4 Å². The predicted octanol–water partition coefficient (Wildman–Crippen LogP) is 10.9. The minimum absolute atomic E-state index is 0.00312. The lowest BCUT2D eigenvalue weighted by Gasteiger charge is -2.64. The highest BCUT2D eigenvalue weighted by Crippen LogP contribution is 2.70. The van der Waals surface area contributed by atoms with E-state index in [1.54, 1.807) is 17.7 Å². The van der Waals surface area contributed by atoms with E-state index in [1.807, 2.05) is 7.11 Å². The van der Waals surface area contributed by atoms with E-state index in [9.17, 15) is 24.6 Å². The maximum atomic E-state index is 13.4. The smallest absolute Gasteiger partial charge is 0.311 e. The van der Waals surface area contributed by atoms with E-state index in [0.29, 0.717) is 46.2 Å². The lowest BCUT2D eigenvalue weighted by Crippen LogP contribution is -2.58. The van der Waals surface area contributed by atoms with E-state index in [4.69, 9.17) is 23.7 Å². The molecule has 61 heavy (non-hydrogen) atoms. The van der Waals surface area contributed by atoms with Crippen molar-refractivity contribution in [2.45, 2.75) is 150 Å². The van der Waals surface area contributed by atoms with Gasteiger partial charge < -0.3 is 33.9 Å². The Labute approximate surface area is 362 Å². The number of ether oxygens (including phenoxy) is 5. The minimum Gasteiger partial charge on any atom is -0.507 e. The topological polar surface area (TPSA) is 138 Å². The van der Waals surface area contributed by atoms with E-state index < -0.39 is 18.0 Å². The van der Waals surface area contributed by atoms with Crippen molar-refractivity contribution < 1.29 is 48.3 Å². The van der Waals surface area contributed by atoms with Crippen molar-refractivity contribution in [1.82, 2.24) is 0 Å². The number of hydrogen-bond acceptors (Lipinski definition) is 10. The molecule has 2 N–H and O–H groups in total. The van der Waals surface area contributed by atoms with Crippen LogP contribution in [0.25, 0.3) is 0 Å². The summed E-state index contributed by atoms with van der Waals surface area (Å²) in [7, 11) is 3.34. The summed E-state index contributed by atoms with van der Waals surface area (Å²) in [5.41, 5.74) is 2.86. The molecule has 1 aliphatic heterocycles. The first-order chi connectivity index (χ1) is 28.7. The third-order valence-corrected chi connectivity index (χ3v) is 17.7. The fourth-order valence-electron chi connectivity index (χ4n) is 14.7. The maximum absolute atomic E-state index is 13.4. The summed E-state index contributed by atoms with van der Waals surface area (Å²) < 4.78 is 29.1. The summed E-state index contributed by atoms with van der Waals surface area (Å²) in [6, 6.07) is 7.32. The third-order valence-electron chi connectivity index (χ3n) is 17.7. The number of rotatable bonds is 8. The number of carbonyl (C=O) groups is 3. The number of ketones is 1. The number of fused-ring (bicyclic) bond motifs is 7. The van der Waals surface area contributed by atoms with Crippen LogP contribution < -0.4 is 14.2 Å². The molecule has 4 saturated carbocycles. The lowest BCUT2D eigenvalue weighted by molar-refractivity contribution is -0.178. The normalized spacial score (nSPS) is 35.9. The first-order valence-corrected chi connectivity index (χ1v) is 22.8. The van der Waals surface area contributed by atoms with E-state index >= 15 is 0 Å². The molecule has 10 heteroatoms. The van der Waals surface area contributed by atoms with Gasteiger partial charge in [-0.1, -0.05) is 66.2 Å². The van der Waals surface area contributed by atoms with Gasteiger partial charge in [-0.05, 0) is 127 Å². The Morgan fingerprint density at radius 1 is 0.770 bits per heavy atom. The fourth-order valence-corrected chi connectivity index (χ4v) is 14.7. The zero-order chi connectivity index (χ0) is 43.9. The highest BCUT2D eigenvalue weighted by atomic mass is 16.6. The first kappa shape index (κ1) is 43.6. The summed E-state index contributed by atoms with van der Waals surface area (Å²) in [6.45, 7) is 17.3.